The summed E-state index contributed by atoms with van der Waals surface area (Å²) in [4.78, 5) is 12.9. The lowest BCUT2D eigenvalue weighted by Crippen LogP contribution is -2.74. The van der Waals surface area contributed by atoms with Crippen LogP contribution in [-0.2, 0) is 0 Å². The average molecular weight is 443 g/mol. The minimum absolute atomic E-state index is 0.0512. The zero-order valence-electron chi connectivity index (χ0n) is 18.7. The predicted octanol–water partition coefficient (Wildman–Crippen LogP) is 6.09. The number of carbonyl (C=O) groups is 1. The fourth-order valence-electron chi connectivity index (χ4n) is 4.95. The quantitative estimate of drug-likeness (QED) is 0.609. The molecule has 0 radical (unpaired) electrons. The van der Waals surface area contributed by atoms with Gasteiger partial charge in [0.15, 0.2) is 0 Å². The Morgan fingerprint density at radius 2 is 1.81 bits per heavy atom. The average Bonchev–Trinajstić information content (AvgIpc) is 2.69. The van der Waals surface area contributed by atoms with Crippen LogP contribution in [0.1, 0.15) is 68.9 Å². The number of nitriles is 1. The monoisotopic (exact) mass is 442 g/mol. The Kier molecular flexibility index (Phi) is 6.08. The Morgan fingerprint density at radius 1 is 1.16 bits per heavy atom. The number of halogens is 2. The molecular formula is C25H28ClFN2O2. The minimum Gasteiger partial charge on any atom is -0.489 e. The van der Waals surface area contributed by atoms with E-state index >= 15 is 0 Å². The Hall–Kier alpha value is -2.58. The highest BCUT2D eigenvalue weighted by atomic mass is 35.5. The van der Waals surface area contributed by atoms with Gasteiger partial charge in [-0.3, -0.25) is 4.79 Å². The van der Waals surface area contributed by atoms with Gasteiger partial charge in [0, 0.05) is 28.5 Å². The molecule has 1 saturated carbocycles. The van der Waals surface area contributed by atoms with Crippen LogP contribution in [0.3, 0.4) is 0 Å². The molecular weight excluding hydrogens is 415 g/mol. The first-order chi connectivity index (χ1) is 14.4. The summed E-state index contributed by atoms with van der Waals surface area (Å²) >= 11 is 6.13. The van der Waals surface area contributed by atoms with Crippen molar-refractivity contribution in [2.75, 3.05) is 0 Å². The van der Waals surface area contributed by atoms with Crippen LogP contribution in [0.4, 0.5) is 4.39 Å². The lowest BCUT2D eigenvalue weighted by atomic mass is 9.49. The zero-order chi connectivity index (χ0) is 23.1. The largest absolute Gasteiger partial charge is 0.489 e. The van der Waals surface area contributed by atoms with E-state index in [0.29, 0.717) is 27.5 Å². The maximum atomic E-state index is 14.4. The Bertz CT molecular complexity index is 1040. The SMILES string of the molecule is CC(C)c1ccc(C(=O)N[C@H]2C(C)(C)[C@H](Oc3ccc(C#N)c(Cl)c3)C2(C)C)cc1F. The maximum absolute atomic E-state index is 14.4. The summed E-state index contributed by atoms with van der Waals surface area (Å²) in [5, 5.41) is 12.5. The molecule has 1 fully saturated rings. The van der Waals surface area contributed by atoms with Crippen molar-refractivity contribution in [1.29, 1.82) is 5.26 Å². The first kappa shape index (κ1) is 23.1. The summed E-state index contributed by atoms with van der Waals surface area (Å²) < 4.78 is 20.6. The Balaban J connectivity index is 1.76. The van der Waals surface area contributed by atoms with Crippen LogP contribution in [0, 0.1) is 28.0 Å². The van der Waals surface area contributed by atoms with E-state index in [9.17, 15) is 9.18 Å². The summed E-state index contributed by atoms with van der Waals surface area (Å²) in [6.45, 7) is 11.9. The third-order valence-corrected chi connectivity index (χ3v) is 6.63. The van der Waals surface area contributed by atoms with Crippen molar-refractivity contribution in [3.8, 4) is 11.8 Å². The van der Waals surface area contributed by atoms with Gasteiger partial charge in [0.2, 0.25) is 0 Å². The van der Waals surface area contributed by atoms with E-state index in [0.717, 1.165) is 0 Å². The molecule has 0 saturated heterocycles. The molecule has 1 amide bonds. The number of ether oxygens (including phenoxy) is 1. The second-order valence-electron chi connectivity index (χ2n) is 9.69. The summed E-state index contributed by atoms with van der Waals surface area (Å²) in [6, 6.07) is 11.5. The molecule has 0 atom stereocenters. The van der Waals surface area contributed by atoms with Gasteiger partial charge in [-0.15, -0.1) is 0 Å². The second kappa shape index (κ2) is 8.16. The number of rotatable bonds is 5. The molecule has 1 aliphatic carbocycles. The smallest absolute Gasteiger partial charge is 0.251 e. The molecule has 1 aliphatic rings. The van der Waals surface area contributed by atoms with Crippen LogP contribution < -0.4 is 10.1 Å². The topological polar surface area (TPSA) is 62.1 Å². The number of amides is 1. The summed E-state index contributed by atoms with van der Waals surface area (Å²) in [5.41, 5.74) is 0.528. The molecule has 0 spiro atoms. The van der Waals surface area contributed by atoms with Crippen molar-refractivity contribution in [2.45, 2.75) is 59.6 Å². The summed E-state index contributed by atoms with van der Waals surface area (Å²) in [5.74, 6) is -0.0459. The summed E-state index contributed by atoms with van der Waals surface area (Å²) in [7, 11) is 0. The number of nitrogens with zero attached hydrogens (tertiary/aromatic N) is 1. The lowest BCUT2D eigenvalue weighted by molar-refractivity contribution is -0.164. The highest BCUT2D eigenvalue weighted by Crippen LogP contribution is 2.55. The predicted molar refractivity (Wildman–Crippen MR) is 120 cm³/mol. The molecule has 0 heterocycles. The van der Waals surface area contributed by atoms with Gasteiger partial charge in [-0.1, -0.05) is 59.2 Å². The van der Waals surface area contributed by atoms with Gasteiger partial charge in [-0.05, 0) is 35.7 Å². The van der Waals surface area contributed by atoms with Crippen molar-refractivity contribution in [1.82, 2.24) is 5.32 Å². The van der Waals surface area contributed by atoms with Crippen LogP contribution in [0.25, 0.3) is 0 Å². The molecule has 0 aromatic heterocycles. The number of hydrogen-bond donors (Lipinski definition) is 1. The van der Waals surface area contributed by atoms with Gasteiger partial charge >= 0.3 is 0 Å². The molecule has 0 bridgehead atoms. The van der Waals surface area contributed by atoms with Crippen LogP contribution in [0.5, 0.6) is 5.75 Å². The Morgan fingerprint density at radius 3 is 2.32 bits per heavy atom. The van der Waals surface area contributed by atoms with E-state index in [1.54, 1.807) is 30.3 Å². The van der Waals surface area contributed by atoms with E-state index in [1.807, 2.05) is 47.6 Å². The van der Waals surface area contributed by atoms with E-state index in [-0.39, 0.29) is 40.6 Å². The van der Waals surface area contributed by atoms with Crippen molar-refractivity contribution in [2.24, 2.45) is 10.8 Å². The van der Waals surface area contributed by atoms with Crippen LogP contribution in [0.2, 0.25) is 5.02 Å². The molecule has 31 heavy (non-hydrogen) atoms. The molecule has 2 aromatic carbocycles. The molecule has 2 aromatic rings. The fourth-order valence-corrected chi connectivity index (χ4v) is 5.16. The van der Waals surface area contributed by atoms with Crippen LogP contribution in [0.15, 0.2) is 36.4 Å². The second-order valence-corrected chi connectivity index (χ2v) is 10.1. The first-order valence-corrected chi connectivity index (χ1v) is 10.7. The van der Waals surface area contributed by atoms with E-state index in [4.69, 9.17) is 21.6 Å². The molecule has 3 rings (SSSR count). The summed E-state index contributed by atoms with van der Waals surface area (Å²) in [6.07, 6.45) is -0.200. The number of nitrogens with one attached hydrogen (secondary N) is 1. The molecule has 164 valence electrons. The van der Waals surface area contributed by atoms with Crippen LogP contribution in [-0.4, -0.2) is 18.1 Å². The van der Waals surface area contributed by atoms with E-state index in [2.05, 4.69) is 5.32 Å². The third kappa shape index (κ3) is 4.14. The highest BCUT2D eigenvalue weighted by molar-refractivity contribution is 6.31. The molecule has 1 N–H and O–H groups in total. The van der Waals surface area contributed by atoms with Gasteiger partial charge in [-0.25, -0.2) is 4.39 Å². The Labute approximate surface area is 188 Å². The van der Waals surface area contributed by atoms with Gasteiger partial charge in [0.1, 0.15) is 23.7 Å². The van der Waals surface area contributed by atoms with Crippen molar-refractivity contribution >= 4 is 17.5 Å². The van der Waals surface area contributed by atoms with Crippen LogP contribution >= 0.6 is 11.6 Å². The molecule has 4 nitrogen and oxygen atoms in total. The fraction of sp³-hybridized carbons (Fsp3) is 0.440. The van der Waals surface area contributed by atoms with Gasteiger partial charge in [0.05, 0.1) is 10.6 Å². The van der Waals surface area contributed by atoms with E-state index < -0.39 is 0 Å². The zero-order valence-corrected chi connectivity index (χ0v) is 19.5. The standard InChI is InChI=1S/C25H28ClFN2O2/c1-14(2)18-10-8-15(11-20(18)27)21(30)29-22-24(3,4)23(25(22,5)6)31-17-9-7-16(13-28)19(26)12-17/h7-12,14,22-23H,1-6H3,(H,29,30)/t22-,23-. The molecule has 0 unspecified atom stereocenters. The van der Waals surface area contributed by atoms with Crippen molar-refractivity contribution in [3.63, 3.8) is 0 Å². The van der Waals surface area contributed by atoms with Gasteiger partial charge in [-0.2, -0.15) is 5.26 Å². The minimum atomic E-state index is -0.379. The van der Waals surface area contributed by atoms with Crippen molar-refractivity contribution in [3.05, 3.63) is 63.9 Å². The molecule has 6 heteroatoms. The van der Waals surface area contributed by atoms with Gasteiger partial charge in [0.25, 0.3) is 5.91 Å². The number of benzene rings is 2. The number of hydrogen-bond acceptors (Lipinski definition) is 3. The van der Waals surface area contributed by atoms with E-state index in [1.165, 1.54) is 6.07 Å². The normalized spacial score (nSPS) is 21.2. The van der Waals surface area contributed by atoms with Gasteiger partial charge < -0.3 is 10.1 Å². The highest BCUT2D eigenvalue weighted by Gasteiger charge is 2.64. The first-order valence-electron chi connectivity index (χ1n) is 10.4. The van der Waals surface area contributed by atoms with Crippen molar-refractivity contribution < 1.29 is 13.9 Å². The maximum Gasteiger partial charge on any atom is 0.251 e. The third-order valence-electron chi connectivity index (χ3n) is 6.31. The number of carbonyl (C=O) groups excluding carboxylic acids is 1. The molecule has 0 aliphatic heterocycles. The lowest BCUT2D eigenvalue weighted by Gasteiger charge is -2.63.